The summed E-state index contributed by atoms with van der Waals surface area (Å²) < 4.78 is 21.3. The number of rotatable bonds is 12. The van der Waals surface area contributed by atoms with Gasteiger partial charge in [-0.1, -0.05) is 18.7 Å². The van der Waals surface area contributed by atoms with Crippen LogP contribution in [0.15, 0.2) is 89.1 Å². The molecule has 0 amide bonds. The van der Waals surface area contributed by atoms with Gasteiger partial charge in [0.2, 0.25) is 0 Å². The van der Waals surface area contributed by atoms with Crippen LogP contribution in [0.5, 0.6) is 0 Å². The molecule has 0 bridgehead atoms. The fourth-order valence-corrected chi connectivity index (χ4v) is 5.38. The lowest BCUT2D eigenvalue weighted by atomic mass is 10.0. The van der Waals surface area contributed by atoms with E-state index in [1.54, 1.807) is 24.3 Å². The Morgan fingerprint density at radius 1 is 0.949 bits per heavy atom. The number of azo groups is 1. The van der Waals surface area contributed by atoms with Crippen molar-refractivity contribution in [1.29, 1.82) is 0 Å². The van der Waals surface area contributed by atoms with Crippen molar-refractivity contribution < 1.29 is 13.9 Å². The third-order valence-corrected chi connectivity index (χ3v) is 7.67. The van der Waals surface area contributed by atoms with Gasteiger partial charge in [0.05, 0.1) is 12.3 Å². The molecule has 3 aromatic carbocycles. The maximum Gasteiger partial charge on any atom is 0.333 e. The van der Waals surface area contributed by atoms with E-state index in [0.29, 0.717) is 17.9 Å². The number of fused-ring (bicyclic) bond motifs is 1. The summed E-state index contributed by atoms with van der Waals surface area (Å²) in [5.41, 5.74) is 4.19. The van der Waals surface area contributed by atoms with Gasteiger partial charge in [0, 0.05) is 33.9 Å². The molecule has 4 rings (SSSR count). The lowest BCUT2D eigenvalue weighted by Crippen LogP contribution is -2.21. The van der Waals surface area contributed by atoms with Crippen molar-refractivity contribution in [1.82, 2.24) is 0 Å². The quantitative estimate of drug-likeness (QED) is 0.0774. The van der Waals surface area contributed by atoms with E-state index in [4.69, 9.17) is 4.74 Å². The van der Waals surface area contributed by atoms with Gasteiger partial charge in [-0.05, 0) is 111 Å². The highest BCUT2D eigenvalue weighted by Gasteiger charge is 2.09. The predicted octanol–water partition coefficient (Wildman–Crippen LogP) is 9.41. The molecule has 0 atom stereocenters. The van der Waals surface area contributed by atoms with E-state index in [1.165, 1.54) is 15.6 Å². The van der Waals surface area contributed by atoms with Crippen molar-refractivity contribution >= 4 is 44.5 Å². The van der Waals surface area contributed by atoms with Crippen LogP contribution in [0.4, 0.5) is 21.5 Å². The number of aryl methyl sites for hydroxylation is 1. The van der Waals surface area contributed by atoms with Crippen LogP contribution in [-0.4, -0.2) is 25.7 Å². The molecule has 0 aliphatic carbocycles. The monoisotopic (exact) mass is 543 g/mol. The number of nitrogens with zero attached hydrogens (tertiary/aromatic N) is 3. The van der Waals surface area contributed by atoms with Gasteiger partial charge in [-0.2, -0.15) is 5.11 Å². The van der Waals surface area contributed by atoms with E-state index in [-0.39, 0.29) is 11.7 Å². The molecular weight excluding hydrogens is 509 g/mol. The zero-order chi connectivity index (χ0) is 27.8. The molecular formula is C32H34FN3O2S. The average Bonchev–Trinajstić information content (AvgIpc) is 3.35. The summed E-state index contributed by atoms with van der Waals surface area (Å²) in [4.78, 5) is 15.0. The van der Waals surface area contributed by atoms with Crippen molar-refractivity contribution in [2.24, 2.45) is 10.2 Å². The molecule has 1 aromatic heterocycles. The first-order valence-corrected chi connectivity index (χ1v) is 14.1. The van der Waals surface area contributed by atoms with Crippen LogP contribution in [0.25, 0.3) is 21.2 Å². The summed E-state index contributed by atoms with van der Waals surface area (Å²) in [5.74, 6) is -0.743. The first kappa shape index (κ1) is 28.2. The van der Waals surface area contributed by atoms with Crippen molar-refractivity contribution in [3.05, 3.63) is 89.6 Å². The summed E-state index contributed by atoms with van der Waals surface area (Å²) >= 11 is 1.76. The molecule has 202 valence electrons. The molecule has 0 fully saturated rings. The fraction of sp³-hybridized carbons (Fsp3) is 0.281. The van der Waals surface area contributed by atoms with Crippen LogP contribution in [0.1, 0.15) is 38.5 Å². The lowest BCUT2D eigenvalue weighted by molar-refractivity contribution is -0.139. The maximum absolute atomic E-state index is 14.9. The Bertz CT molecular complexity index is 1470. The van der Waals surface area contributed by atoms with Crippen molar-refractivity contribution in [3.63, 3.8) is 0 Å². The molecule has 0 unspecified atom stereocenters. The number of hydrogen-bond acceptors (Lipinski definition) is 6. The largest absolute Gasteiger partial charge is 0.462 e. The minimum absolute atomic E-state index is 0.208. The molecule has 0 N–H and O–H groups in total. The van der Waals surface area contributed by atoms with Crippen LogP contribution in [-0.2, 0) is 16.0 Å². The van der Waals surface area contributed by atoms with Crippen LogP contribution >= 0.6 is 11.3 Å². The number of ether oxygens (including phenoxy) is 1. The number of anilines is 1. The van der Waals surface area contributed by atoms with Gasteiger partial charge in [0.25, 0.3) is 0 Å². The van der Waals surface area contributed by atoms with Gasteiger partial charge in [-0.3, -0.25) is 0 Å². The van der Waals surface area contributed by atoms with Gasteiger partial charge >= 0.3 is 5.97 Å². The number of unbranched alkanes of at least 4 members (excludes halogenated alkanes) is 1. The minimum Gasteiger partial charge on any atom is -0.462 e. The zero-order valence-electron chi connectivity index (χ0n) is 22.7. The third kappa shape index (κ3) is 7.39. The summed E-state index contributed by atoms with van der Waals surface area (Å²) in [6.45, 7) is 11.8. The highest BCUT2D eigenvalue weighted by Crippen LogP contribution is 2.33. The van der Waals surface area contributed by atoms with Crippen molar-refractivity contribution in [2.45, 2.75) is 40.0 Å². The molecule has 39 heavy (non-hydrogen) atoms. The number of carbonyl (C=O) groups excluding carboxylic acids is 1. The molecule has 0 radical (unpaired) electrons. The van der Waals surface area contributed by atoms with E-state index in [1.807, 2.05) is 36.4 Å². The van der Waals surface area contributed by atoms with E-state index in [0.717, 1.165) is 54.6 Å². The second-order valence-electron chi connectivity index (χ2n) is 9.39. The summed E-state index contributed by atoms with van der Waals surface area (Å²) in [6, 6.07) is 21.3. The highest BCUT2D eigenvalue weighted by atomic mass is 32.1. The third-order valence-electron chi connectivity index (χ3n) is 6.50. The molecule has 0 spiro atoms. The second-order valence-corrected chi connectivity index (χ2v) is 10.6. The standard InChI is InChI=1S/C32H34FN3O2S/c1-5-36(6-2)27-14-12-26(13-15-27)34-35-30-16-10-24(21-29(30)33)23-11-17-31-25(19-23)20-28(39-31)9-7-8-18-38-32(37)22(3)4/h10-17,19-21H,3,5-9,18H2,1-2,4H3/b35-34+. The summed E-state index contributed by atoms with van der Waals surface area (Å²) in [6.07, 6.45) is 2.67. The molecule has 0 aliphatic rings. The Labute approximate surface area is 233 Å². The number of halogens is 1. The van der Waals surface area contributed by atoms with Gasteiger partial charge < -0.3 is 9.64 Å². The Morgan fingerprint density at radius 3 is 2.36 bits per heavy atom. The van der Waals surface area contributed by atoms with Gasteiger partial charge in [-0.25, -0.2) is 9.18 Å². The highest BCUT2D eigenvalue weighted by molar-refractivity contribution is 7.19. The van der Waals surface area contributed by atoms with E-state index < -0.39 is 5.82 Å². The summed E-state index contributed by atoms with van der Waals surface area (Å²) in [5, 5.41) is 9.51. The first-order chi connectivity index (χ1) is 18.9. The Balaban J connectivity index is 1.39. The predicted molar refractivity (Wildman–Crippen MR) is 160 cm³/mol. The average molecular weight is 544 g/mol. The number of thiophene rings is 1. The van der Waals surface area contributed by atoms with Crippen molar-refractivity contribution in [3.8, 4) is 11.1 Å². The van der Waals surface area contributed by atoms with E-state index >= 15 is 0 Å². The second kappa shape index (κ2) is 13.3. The summed E-state index contributed by atoms with van der Waals surface area (Å²) in [7, 11) is 0. The van der Waals surface area contributed by atoms with Crippen LogP contribution < -0.4 is 4.90 Å². The Morgan fingerprint density at radius 2 is 1.67 bits per heavy atom. The molecule has 0 saturated carbocycles. The molecule has 7 heteroatoms. The topological polar surface area (TPSA) is 54.3 Å². The Hall–Kier alpha value is -3.84. The van der Waals surface area contributed by atoms with E-state index in [2.05, 4.69) is 53.8 Å². The zero-order valence-corrected chi connectivity index (χ0v) is 23.6. The molecule has 1 heterocycles. The normalized spacial score (nSPS) is 11.3. The number of carbonyl (C=O) groups is 1. The first-order valence-electron chi connectivity index (χ1n) is 13.3. The fourth-order valence-electron chi connectivity index (χ4n) is 4.29. The SMILES string of the molecule is C=C(C)C(=O)OCCCCc1cc2cc(-c3ccc(/N=N/c4ccc(N(CC)CC)cc4)c(F)c3)ccc2s1. The number of esters is 1. The minimum atomic E-state index is -0.408. The van der Waals surface area contributed by atoms with Crippen LogP contribution in [0, 0.1) is 5.82 Å². The number of benzene rings is 3. The number of hydrogen-bond donors (Lipinski definition) is 0. The van der Waals surface area contributed by atoms with Crippen molar-refractivity contribution in [2.75, 3.05) is 24.6 Å². The van der Waals surface area contributed by atoms with Crippen LogP contribution in [0.3, 0.4) is 0 Å². The molecule has 4 aromatic rings. The van der Waals surface area contributed by atoms with Gasteiger partial charge in [-0.15, -0.1) is 16.5 Å². The van der Waals surface area contributed by atoms with Gasteiger partial charge in [0.1, 0.15) is 5.69 Å². The smallest absolute Gasteiger partial charge is 0.333 e. The Kier molecular flexibility index (Phi) is 9.60. The van der Waals surface area contributed by atoms with E-state index in [9.17, 15) is 9.18 Å². The molecule has 0 saturated heterocycles. The van der Waals surface area contributed by atoms with Gasteiger partial charge in [0.15, 0.2) is 5.82 Å². The van der Waals surface area contributed by atoms with Crippen LogP contribution in [0.2, 0.25) is 0 Å². The molecule has 0 aliphatic heterocycles. The lowest BCUT2D eigenvalue weighted by Gasteiger charge is -2.20. The maximum atomic E-state index is 14.9. The molecule has 5 nitrogen and oxygen atoms in total.